The van der Waals surface area contributed by atoms with Crippen molar-refractivity contribution in [2.75, 3.05) is 26.2 Å². The Hall–Kier alpha value is -1.41. The molecule has 2 aromatic rings. The monoisotopic (exact) mass is 398 g/mol. The van der Waals surface area contributed by atoms with Crippen molar-refractivity contribution in [3.8, 4) is 0 Å². The topological polar surface area (TPSA) is 57.7 Å². The van der Waals surface area contributed by atoms with Crippen LogP contribution >= 0.6 is 22.9 Å². The van der Waals surface area contributed by atoms with Crippen LogP contribution in [0.3, 0.4) is 0 Å². The first-order valence-electron chi connectivity index (χ1n) is 7.91. The van der Waals surface area contributed by atoms with Crippen molar-refractivity contribution in [3.05, 3.63) is 50.7 Å². The van der Waals surface area contributed by atoms with E-state index in [4.69, 9.17) is 11.6 Å². The number of halogens is 1. The number of carbonyl (C=O) groups excluding carboxylic acids is 1. The fourth-order valence-electron chi connectivity index (χ4n) is 2.90. The van der Waals surface area contributed by atoms with Crippen molar-refractivity contribution >= 4 is 38.9 Å². The maximum absolute atomic E-state index is 12.7. The van der Waals surface area contributed by atoms with E-state index in [0.717, 1.165) is 15.3 Å². The Labute approximate surface area is 156 Å². The third-order valence-electron chi connectivity index (χ3n) is 4.25. The fourth-order valence-corrected chi connectivity index (χ4v) is 5.36. The Kier molecular flexibility index (Phi) is 5.20. The van der Waals surface area contributed by atoms with Crippen LogP contribution in [0, 0.1) is 13.8 Å². The van der Waals surface area contributed by atoms with Crippen molar-refractivity contribution in [2.45, 2.75) is 18.7 Å². The van der Waals surface area contributed by atoms with E-state index in [0.29, 0.717) is 31.2 Å². The Morgan fingerprint density at radius 3 is 2.20 bits per heavy atom. The summed E-state index contributed by atoms with van der Waals surface area (Å²) < 4.78 is 26.8. The highest BCUT2D eigenvalue weighted by atomic mass is 35.5. The van der Waals surface area contributed by atoms with Gasteiger partial charge in [-0.3, -0.25) is 4.79 Å². The van der Waals surface area contributed by atoms with Crippen molar-refractivity contribution in [1.82, 2.24) is 9.21 Å². The highest BCUT2D eigenvalue weighted by Crippen LogP contribution is 2.24. The summed E-state index contributed by atoms with van der Waals surface area (Å²) >= 11 is 7.42. The van der Waals surface area contributed by atoms with Gasteiger partial charge in [0.1, 0.15) is 0 Å². The van der Waals surface area contributed by atoms with Gasteiger partial charge in [-0.1, -0.05) is 11.6 Å². The van der Waals surface area contributed by atoms with Crippen LogP contribution in [0.5, 0.6) is 0 Å². The van der Waals surface area contributed by atoms with Crippen LogP contribution in [-0.2, 0) is 10.0 Å². The minimum Gasteiger partial charge on any atom is -0.336 e. The highest BCUT2D eigenvalue weighted by molar-refractivity contribution is 7.89. The molecule has 1 aliphatic heterocycles. The van der Waals surface area contributed by atoms with Crippen molar-refractivity contribution in [1.29, 1.82) is 0 Å². The quantitative estimate of drug-likeness (QED) is 0.797. The molecule has 134 valence electrons. The molecule has 5 nitrogen and oxygen atoms in total. The smallest absolute Gasteiger partial charge is 0.255 e. The average Bonchev–Trinajstić information content (AvgIpc) is 2.93. The van der Waals surface area contributed by atoms with Gasteiger partial charge in [0, 0.05) is 41.0 Å². The molecule has 2 heterocycles. The van der Waals surface area contributed by atoms with Gasteiger partial charge in [0.25, 0.3) is 5.91 Å². The lowest BCUT2D eigenvalue weighted by Crippen LogP contribution is -2.50. The number of hydrogen-bond donors (Lipinski definition) is 0. The van der Waals surface area contributed by atoms with Crippen LogP contribution in [0.15, 0.2) is 35.2 Å². The van der Waals surface area contributed by atoms with Gasteiger partial charge in [-0.15, -0.1) is 11.3 Å². The van der Waals surface area contributed by atoms with Gasteiger partial charge in [0.15, 0.2) is 0 Å². The zero-order valence-electron chi connectivity index (χ0n) is 14.0. The summed E-state index contributed by atoms with van der Waals surface area (Å²) in [6.45, 7) is 5.27. The second kappa shape index (κ2) is 7.07. The Bertz CT molecular complexity index is 883. The maximum Gasteiger partial charge on any atom is 0.255 e. The standard InChI is InChI=1S/C17H19ClN2O3S2/c1-12-11-16(13(2)24-12)17(21)19-7-9-20(10-8-19)25(22,23)15-5-3-14(18)4-6-15/h3-6,11H,7-10H2,1-2H3. The molecule has 0 radical (unpaired) electrons. The predicted octanol–water partition coefficient (Wildman–Crippen LogP) is 3.17. The van der Waals surface area contributed by atoms with Crippen molar-refractivity contribution in [3.63, 3.8) is 0 Å². The van der Waals surface area contributed by atoms with E-state index < -0.39 is 10.0 Å². The van der Waals surface area contributed by atoms with E-state index in [1.807, 2.05) is 19.9 Å². The molecule has 1 aromatic heterocycles. The summed E-state index contributed by atoms with van der Waals surface area (Å²) in [6.07, 6.45) is 0. The van der Waals surface area contributed by atoms with Gasteiger partial charge in [-0.25, -0.2) is 8.42 Å². The molecule has 0 saturated carbocycles. The number of rotatable bonds is 3. The average molecular weight is 399 g/mol. The fraction of sp³-hybridized carbons (Fsp3) is 0.353. The summed E-state index contributed by atoms with van der Waals surface area (Å²) in [4.78, 5) is 16.7. The van der Waals surface area contributed by atoms with Gasteiger partial charge in [-0.2, -0.15) is 4.31 Å². The molecule has 1 saturated heterocycles. The normalized spacial score (nSPS) is 16.2. The van der Waals surface area contributed by atoms with E-state index in [9.17, 15) is 13.2 Å². The molecular formula is C17H19ClN2O3S2. The molecule has 0 atom stereocenters. The minimum absolute atomic E-state index is 0.0228. The number of amides is 1. The van der Waals surface area contributed by atoms with E-state index in [1.165, 1.54) is 16.4 Å². The summed E-state index contributed by atoms with van der Waals surface area (Å²) in [5.74, 6) is -0.0228. The zero-order chi connectivity index (χ0) is 18.2. The van der Waals surface area contributed by atoms with Gasteiger partial charge < -0.3 is 4.90 Å². The molecular weight excluding hydrogens is 380 g/mol. The molecule has 0 bridgehead atoms. The molecule has 0 aliphatic carbocycles. The van der Waals surface area contributed by atoms with Crippen LogP contribution < -0.4 is 0 Å². The molecule has 0 N–H and O–H groups in total. The van der Waals surface area contributed by atoms with Gasteiger partial charge in [0.2, 0.25) is 10.0 Å². The molecule has 0 unspecified atom stereocenters. The molecule has 25 heavy (non-hydrogen) atoms. The van der Waals surface area contributed by atoms with Crippen LogP contribution in [0.1, 0.15) is 20.1 Å². The lowest BCUT2D eigenvalue weighted by Gasteiger charge is -2.34. The molecule has 8 heteroatoms. The predicted molar refractivity (Wildman–Crippen MR) is 99.9 cm³/mol. The Morgan fingerprint density at radius 1 is 1.08 bits per heavy atom. The van der Waals surface area contributed by atoms with Gasteiger partial charge in [0.05, 0.1) is 10.5 Å². The first-order valence-corrected chi connectivity index (χ1v) is 10.5. The third kappa shape index (κ3) is 3.74. The van der Waals surface area contributed by atoms with Crippen molar-refractivity contribution in [2.24, 2.45) is 0 Å². The molecule has 1 aromatic carbocycles. The third-order valence-corrected chi connectivity index (χ3v) is 7.38. The summed E-state index contributed by atoms with van der Waals surface area (Å²) in [5.41, 5.74) is 0.719. The minimum atomic E-state index is -3.56. The number of hydrogen-bond acceptors (Lipinski definition) is 4. The lowest BCUT2D eigenvalue weighted by atomic mass is 10.2. The zero-order valence-corrected chi connectivity index (χ0v) is 16.4. The first-order chi connectivity index (χ1) is 11.8. The molecule has 1 aliphatic rings. The van der Waals surface area contributed by atoms with Crippen LogP contribution in [0.2, 0.25) is 5.02 Å². The maximum atomic E-state index is 12.7. The Morgan fingerprint density at radius 2 is 1.68 bits per heavy atom. The van der Waals surface area contributed by atoms with E-state index in [1.54, 1.807) is 28.4 Å². The van der Waals surface area contributed by atoms with Gasteiger partial charge >= 0.3 is 0 Å². The molecule has 0 spiro atoms. The van der Waals surface area contributed by atoms with Crippen LogP contribution in [0.25, 0.3) is 0 Å². The van der Waals surface area contributed by atoms with E-state index >= 15 is 0 Å². The number of nitrogens with zero attached hydrogens (tertiary/aromatic N) is 2. The summed E-state index contributed by atoms with van der Waals surface area (Å²) in [7, 11) is -3.56. The molecule has 1 fully saturated rings. The number of benzene rings is 1. The Balaban J connectivity index is 1.70. The van der Waals surface area contributed by atoms with Crippen molar-refractivity contribution < 1.29 is 13.2 Å². The first kappa shape index (κ1) is 18.4. The van der Waals surface area contributed by atoms with Crippen LogP contribution in [0.4, 0.5) is 0 Å². The molecule has 1 amide bonds. The largest absolute Gasteiger partial charge is 0.336 e. The van der Waals surface area contributed by atoms with Gasteiger partial charge in [-0.05, 0) is 44.2 Å². The van der Waals surface area contributed by atoms with E-state index in [-0.39, 0.29) is 10.8 Å². The second-order valence-corrected chi connectivity index (χ2v) is 9.81. The van der Waals surface area contributed by atoms with Crippen LogP contribution in [-0.4, -0.2) is 49.7 Å². The number of sulfonamides is 1. The highest BCUT2D eigenvalue weighted by Gasteiger charge is 2.31. The molecule has 3 rings (SSSR count). The van der Waals surface area contributed by atoms with E-state index in [2.05, 4.69) is 0 Å². The number of piperazine rings is 1. The lowest BCUT2D eigenvalue weighted by molar-refractivity contribution is 0.0697. The summed E-state index contributed by atoms with van der Waals surface area (Å²) in [5, 5.41) is 0.496. The number of aryl methyl sites for hydroxylation is 2. The number of carbonyl (C=O) groups is 1. The SMILES string of the molecule is Cc1cc(C(=O)N2CCN(S(=O)(=O)c3ccc(Cl)cc3)CC2)c(C)s1. The second-order valence-electron chi connectivity index (χ2n) is 5.98. The summed E-state index contributed by atoms with van der Waals surface area (Å²) in [6, 6.07) is 8.05. The number of thiophene rings is 1.